The number of benzene rings is 1. The third-order valence-electron chi connectivity index (χ3n) is 4.97. The Hall–Kier alpha value is -2.12. The highest BCUT2D eigenvalue weighted by Gasteiger charge is 2.34. The molecular weight excluding hydrogens is 368 g/mol. The van der Waals surface area contributed by atoms with E-state index in [-0.39, 0.29) is 43.4 Å². The Labute approximate surface area is 165 Å². The minimum atomic E-state index is -0.493. The summed E-state index contributed by atoms with van der Waals surface area (Å²) in [7, 11) is 0. The van der Waals surface area contributed by atoms with Gasteiger partial charge < -0.3 is 10.2 Å². The second kappa shape index (κ2) is 9.71. The van der Waals surface area contributed by atoms with Crippen LogP contribution in [0.25, 0.3) is 0 Å². The molecule has 4 amide bonds. The summed E-state index contributed by atoms with van der Waals surface area (Å²) in [6.07, 6.45) is 2.12. The molecule has 0 radical (unpaired) electrons. The lowest BCUT2D eigenvalue weighted by molar-refractivity contribution is -0.122. The van der Waals surface area contributed by atoms with Crippen LogP contribution in [0.5, 0.6) is 0 Å². The van der Waals surface area contributed by atoms with Crippen LogP contribution in [0.4, 0.5) is 4.79 Å². The van der Waals surface area contributed by atoms with Crippen molar-refractivity contribution >= 4 is 30.3 Å². The average Bonchev–Trinajstić information content (AvgIpc) is 3.11. The van der Waals surface area contributed by atoms with E-state index in [0.717, 1.165) is 32.5 Å². The first-order chi connectivity index (χ1) is 12.5. The summed E-state index contributed by atoms with van der Waals surface area (Å²) in [5, 5.41) is 5.27. The fourth-order valence-electron chi connectivity index (χ4n) is 3.79. The Morgan fingerprint density at radius 3 is 2.59 bits per heavy atom. The number of nitrogens with zero attached hydrogens (tertiary/aromatic N) is 2. The molecule has 27 heavy (non-hydrogen) atoms. The number of rotatable bonds is 7. The third kappa shape index (κ3) is 5.68. The number of amides is 4. The lowest BCUT2D eigenvalue weighted by atomic mass is 9.98. The van der Waals surface area contributed by atoms with Gasteiger partial charge in [-0.15, -0.1) is 12.4 Å². The zero-order valence-corrected chi connectivity index (χ0v) is 16.3. The minimum Gasteiger partial charge on any atom is -0.350 e. The van der Waals surface area contributed by atoms with Crippen molar-refractivity contribution in [3.05, 3.63) is 35.9 Å². The van der Waals surface area contributed by atoms with E-state index in [9.17, 15) is 14.4 Å². The molecule has 7 nitrogen and oxygen atoms in total. The molecular formula is C19H27ClN4O3. The van der Waals surface area contributed by atoms with E-state index in [0.29, 0.717) is 5.92 Å². The number of urea groups is 1. The van der Waals surface area contributed by atoms with E-state index in [1.54, 1.807) is 0 Å². The van der Waals surface area contributed by atoms with Crippen LogP contribution in [-0.4, -0.2) is 59.9 Å². The Balaban J connectivity index is 0.00000261. The number of likely N-dealkylation sites (tertiary alicyclic amines) is 1. The van der Waals surface area contributed by atoms with Gasteiger partial charge in [0, 0.05) is 25.7 Å². The number of nitrogens with one attached hydrogen (secondary N) is 2. The van der Waals surface area contributed by atoms with Gasteiger partial charge in [-0.2, -0.15) is 0 Å². The maximum absolute atomic E-state index is 12.4. The van der Waals surface area contributed by atoms with Gasteiger partial charge in [-0.25, -0.2) is 4.79 Å². The lowest BCUT2D eigenvalue weighted by Crippen LogP contribution is -2.46. The average molecular weight is 395 g/mol. The molecule has 2 atom stereocenters. The zero-order chi connectivity index (χ0) is 18.5. The largest absolute Gasteiger partial charge is 0.350 e. The fourth-order valence-corrected chi connectivity index (χ4v) is 3.79. The smallest absolute Gasteiger partial charge is 0.325 e. The van der Waals surface area contributed by atoms with Crippen LogP contribution in [-0.2, 0) is 16.1 Å². The molecule has 2 aliphatic rings. The predicted molar refractivity (Wildman–Crippen MR) is 104 cm³/mol. The van der Waals surface area contributed by atoms with Gasteiger partial charge in [0.2, 0.25) is 11.8 Å². The van der Waals surface area contributed by atoms with Crippen molar-refractivity contribution in [3.8, 4) is 0 Å². The second-order valence-corrected chi connectivity index (χ2v) is 7.11. The Bertz CT molecular complexity index is 670. The number of imide groups is 1. The molecule has 8 heteroatoms. The van der Waals surface area contributed by atoms with Gasteiger partial charge in [0.25, 0.3) is 0 Å². The van der Waals surface area contributed by atoms with E-state index in [4.69, 9.17) is 0 Å². The van der Waals surface area contributed by atoms with Gasteiger partial charge in [-0.05, 0) is 17.9 Å². The maximum Gasteiger partial charge on any atom is 0.325 e. The molecule has 0 unspecified atom stereocenters. The van der Waals surface area contributed by atoms with Crippen LogP contribution >= 0.6 is 12.4 Å². The standard InChI is InChI=1S/C19H26N4O3.ClH/c1-2-6-15-10-22(9-14-7-4-3-5-8-14)11-16(15)20-17(24)12-23-13-18(25)21-19(23)26;/h3-5,7-8,15-16H,2,6,9-13H2,1H3,(H,20,24)(H,21,25,26);1H/t15-,16-;/m0./s1. The van der Waals surface area contributed by atoms with Crippen molar-refractivity contribution in [2.24, 2.45) is 5.92 Å². The van der Waals surface area contributed by atoms with Crippen molar-refractivity contribution in [1.82, 2.24) is 20.4 Å². The first-order valence-electron chi connectivity index (χ1n) is 9.19. The summed E-state index contributed by atoms with van der Waals surface area (Å²) < 4.78 is 0. The van der Waals surface area contributed by atoms with Crippen LogP contribution in [0.3, 0.4) is 0 Å². The molecule has 2 heterocycles. The number of carbonyl (C=O) groups is 3. The monoisotopic (exact) mass is 394 g/mol. The molecule has 2 fully saturated rings. The lowest BCUT2D eigenvalue weighted by Gasteiger charge is -2.21. The number of carbonyl (C=O) groups excluding carboxylic acids is 3. The second-order valence-electron chi connectivity index (χ2n) is 7.11. The van der Waals surface area contributed by atoms with Crippen LogP contribution in [0.2, 0.25) is 0 Å². The molecule has 0 saturated carbocycles. The number of hydrogen-bond acceptors (Lipinski definition) is 4. The van der Waals surface area contributed by atoms with Crippen molar-refractivity contribution < 1.29 is 14.4 Å². The molecule has 3 rings (SSSR count). The molecule has 0 spiro atoms. The van der Waals surface area contributed by atoms with Gasteiger partial charge >= 0.3 is 6.03 Å². The van der Waals surface area contributed by atoms with Crippen LogP contribution in [0.1, 0.15) is 25.3 Å². The molecule has 2 saturated heterocycles. The van der Waals surface area contributed by atoms with Gasteiger partial charge in [-0.1, -0.05) is 43.7 Å². The zero-order valence-electron chi connectivity index (χ0n) is 15.5. The Kier molecular flexibility index (Phi) is 7.62. The first-order valence-corrected chi connectivity index (χ1v) is 9.19. The summed E-state index contributed by atoms with van der Waals surface area (Å²) in [5.74, 6) is -0.161. The van der Waals surface area contributed by atoms with Gasteiger partial charge in [0.1, 0.15) is 13.1 Å². The van der Waals surface area contributed by atoms with Gasteiger partial charge in [0.15, 0.2) is 0 Å². The van der Waals surface area contributed by atoms with Crippen molar-refractivity contribution in [1.29, 1.82) is 0 Å². The maximum atomic E-state index is 12.4. The summed E-state index contributed by atoms with van der Waals surface area (Å²) in [6, 6.07) is 9.90. The fraction of sp³-hybridized carbons (Fsp3) is 0.526. The van der Waals surface area contributed by atoms with Gasteiger partial charge in [0.05, 0.1) is 0 Å². The van der Waals surface area contributed by atoms with E-state index < -0.39 is 6.03 Å². The van der Waals surface area contributed by atoms with Crippen molar-refractivity contribution in [2.45, 2.75) is 32.4 Å². The molecule has 0 aromatic heterocycles. The van der Waals surface area contributed by atoms with Crippen LogP contribution < -0.4 is 10.6 Å². The Morgan fingerprint density at radius 1 is 1.22 bits per heavy atom. The highest BCUT2D eigenvalue weighted by atomic mass is 35.5. The van der Waals surface area contributed by atoms with E-state index in [2.05, 4.69) is 34.6 Å². The first kappa shape index (κ1) is 21.2. The van der Waals surface area contributed by atoms with E-state index in [1.165, 1.54) is 10.5 Å². The Morgan fingerprint density at radius 2 is 1.96 bits per heavy atom. The van der Waals surface area contributed by atoms with E-state index >= 15 is 0 Å². The van der Waals surface area contributed by atoms with Crippen molar-refractivity contribution in [2.75, 3.05) is 26.2 Å². The minimum absolute atomic E-state index is 0. The summed E-state index contributed by atoms with van der Waals surface area (Å²) in [5.41, 5.74) is 1.27. The molecule has 1 aromatic carbocycles. The van der Waals surface area contributed by atoms with Crippen molar-refractivity contribution in [3.63, 3.8) is 0 Å². The summed E-state index contributed by atoms with van der Waals surface area (Å²) in [4.78, 5) is 38.8. The quantitative estimate of drug-likeness (QED) is 0.684. The number of hydrogen-bond donors (Lipinski definition) is 2. The predicted octanol–water partition coefficient (Wildman–Crippen LogP) is 1.38. The SMILES string of the molecule is CCC[C@H]1CN(Cc2ccccc2)C[C@@H]1NC(=O)CN1CC(=O)NC1=O.Cl. The molecule has 0 aliphatic carbocycles. The normalized spacial score (nSPS) is 22.5. The molecule has 148 valence electrons. The molecule has 1 aromatic rings. The highest BCUT2D eigenvalue weighted by molar-refractivity contribution is 6.03. The van der Waals surface area contributed by atoms with Gasteiger partial charge in [-0.3, -0.25) is 19.8 Å². The molecule has 0 bridgehead atoms. The summed E-state index contributed by atoms with van der Waals surface area (Å²) in [6.45, 7) is 4.66. The highest BCUT2D eigenvalue weighted by Crippen LogP contribution is 2.23. The van der Waals surface area contributed by atoms with E-state index in [1.807, 2.05) is 18.2 Å². The molecule has 2 N–H and O–H groups in total. The van der Waals surface area contributed by atoms with Crippen LogP contribution in [0, 0.1) is 5.92 Å². The molecule has 2 aliphatic heterocycles. The third-order valence-corrected chi connectivity index (χ3v) is 4.97. The summed E-state index contributed by atoms with van der Waals surface area (Å²) >= 11 is 0. The number of halogens is 1. The van der Waals surface area contributed by atoms with Crippen LogP contribution in [0.15, 0.2) is 30.3 Å². The topological polar surface area (TPSA) is 81.8 Å².